The van der Waals surface area contributed by atoms with Gasteiger partial charge in [0, 0.05) is 28.7 Å². The molecule has 0 amide bonds. The summed E-state index contributed by atoms with van der Waals surface area (Å²) in [7, 11) is 3.85. The van der Waals surface area contributed by atoms with Gasteiger partial charge in [-0.1, -0.05) is 12.1 Å². The first-order valence-electron chi connectivity index (χ1n) is 7.81. The van der Waals surface area contributed by atoms with Crippen LogP contribution in [0.1, 0.15) is 15.9 Å². The number of hydrogen-bond acceptors (Lipinski definition) is 2. The Morgan fingerprint density at radius 1 is 1.20 bits per heavy atom. The number of likely N-dealkylation sites (N-methyl/N-ethyl adjacent to an activating group) is 1. The van der Waals surface area contributed by atoms with Crippen LogP contribution in [0.25, 0.3) is 10.9 Å². The van der Waals surface area contributed by atoms with Crippen LogP contribution in [0.3, 0.4) is 0 Å². The number of fused-ring (bicyclic) bond motifs is 1. The molecule has 1 aromatic heterocycles. The molecule has 0 N–H and O–H groups in total. The van der Waals surface area contributed by atoms with E-state index in [1.54, 1.807) is 30.5 Å². The van der Waals surface area contributed by atoms with E-state index < -0.39 is 11.6 Å². The summed E-state index contributed by atoms with van der Waals surface area (Å²) in [6.45, 7) is 0.709. The number of rotatable bonds is 4. The average molecular weight is 407 g/mol. The minimum absolute atomic E-state index is 0.107. The predicted molar refractivity (Wildman–Crippen MR) is 98.0 cm³/mol. The normalized spacial score (nSPS) is 11.4. The Kier molecular flexibility index (Phi) is 5.01. The van der Waals surface area contributed by atoms with E-state index in [4.69, 9.17) is 0 Å². The summed E-state index contributed by atoms with van der Waals surface area (Å²) in [4.78, 5) is 14.9. The number of nitrogens with zero attached hydrogens (tertiary/aromatic N) is 2. The van der Waals surface area contributed by atoms with Gasteiger partial charge in [-0.3, -0.25) is 9.36 Å². The van der Waals surface area contributed by atoms with Gasteiger partial charge in [0.1, 0.15) is 5.82 Å². The Morgan fingerprint density at radius 2 is 1.92 bits per heavy atom. The Labute approximate surface area is 153 Å². The highest BCUT2D eigenvalue weighted by molar-refractivity contribution is 9.10. The highest BCUT2D eigenvalue weighted by atomic mass is 79.9. The second-order valence-electron chi connectivity index (χ2n) is 6.15. The lowest BCUT2D eigenvalue weighted by molar-refractivity contribution is 0.0963. The van der Waals surface area contributed by atoms with Crippen molar-refractivity contribution in [2.75, 3.05) is 20.6 Å². The molecule has 25 heavy (non-hydrogen) atoms. The van der Waals surface area contributed by atoms with E-state index >= 15 is 0 Å². The van der Waals surface area contributed by atoms with Crippen LogP contribution in [0.2, 0.25) is 0 Å². The zero-order valence-corrected chi connectivity index (χ0v) is 15.5. The van der Waals surface area contributed by atoms with Crippen LogP contribution in [0, 0.1) is 11.6 Å². The van der Waals surface area contributed by atoms with Gasteiger partial charge in [0.25, 0.3) is 5.91 Å². The minimum atomic E-state index is -0.744. The predicted octanol–water partition coefficient (Wildman–Crippen LogP) is 4.47. The molecule has 0 bridgehead atoms. The summed E-state index contributed by atoms with van der Waals surface area (Å²) < 4.78 is 30.1. The molecule has 130 valence electrons. The monoisotopic (exact) mass is 406 g/mol. The van der Waals surface area contributed by atoms with E-state index in [1.165, 1.54) is 10.6 Å². The van der Waals surface area contributed by atoms with Crippen LogP contribution in [-0.4, -0.2) is 36.0 Å². The van der Waals surface area contributed by atoms with Gasteiger partial charge >= 0.3 is 0 Å². The number of carbonyl (C=O) groups excluding carboxylic acids is 1. The molecule has 0 aliphatic rings. The van der Waals surface area contributed by atoms with Crippen molar-refractivity contribution in [2.24, 2.45) is 0 Å². The fourth-order valence-electron chi connectivity index (χ4n) is 2.81. The van der Waals surface area contributed by atoms with E-state index in [1.807, 2.05) is 19.0 Å². The van der Waals surface area contributed by atoms with Crippen molar-refractivity contribution < 1.29 is 13.6 Å². The smallest absolute Gasteiger partial charge is 0.263 e. The molecule has 0 saturated carbocycles. The van der Waals surface area contributed by atoms with E-state index in [0.29, 0.717) is 28.4 Å². The molecule has 0 unspecified atom stereocenters. The first-order chi connectivity index (χ1) is 11.9. The quantitative estimate of drug-likeness (QED) is 0.638. The number of halogens is 3. The highest BCUT2D eigenvalue weighted by Crippen LogP contribution is 2.28. The molecule has 0 aliphatic carbocycles. The Bertz CT molecular complexity index is 950. The molecular formula is C19H17BrF2N2O. The summed E-state index contributed by atoms with van der Waals surface area (Å²) in [5, 5.41) is 0.430. The fraction of sp³-hybridized carbons (Fsp3) is 0.211. The summed E-state index contributed by atoms with van der Waals surface area (Å²) in [6.07, 6.45) is 2.20. The van der Waals surface area contributed by atoms with Crippen LogP contribution < -0.4 is 0 Å². The van der Waals surface area contributed by atoms with Crippen LogP contribution in [0.5, 0.6) is 0 Å². The van der Waals surface area contributed by atoms with E-state index in [-0.39, 0.29) is 11.4 Å². The van der Waals surface area contributed by atoms with E-state index in [2.05, 4.69) is 15.9 Å². The molecule has 0 aliphatic heterocycles. The van der Waals surface area contributed by atoms with Crippen molar-refractivity contribution >= 4 is 32.7 Å². The molecule has 0 spiro atoms. The standard InChI is InChI=1S/C19H17BrF2N2O/c1-23(2)8-7-12-11-24(18-15(12)9-13(21)10-17(18)22)19(25)14-5-3-4-6-16(14)20/h3-6,9-11H,7-8H2,1-2H3. The van der Waals surface area contributed by atoms with Gasteiger partial charge in [-0.2, -0.15) is 0 Å². The molecular weight excluding hydrogens is 390 g/mol. The van der Waals surface area contributed by atoms with Gasteiger partial charge in [-0.15, -0.1) is 0 Å². The van der Waals surface area contributed by atoms with E-state index in [9.17, 15) is 13.6 Å². The molecule has 0 radical (unpaired) electrons. The third kappa shape index (κ3) is 3.50. The maximum absolute atomic E-state index is 14.5. The average Bonchev–Trinajstić information content (AvgIpc) is 2.91. The van der Waals surface area contributed by atoms with Gasteiger partial charge in [-0.05, 0) is 60.2 Å². The van der Waals surface area contributed by atoms with Crippen molar-refractivity contribution in [1.29, 1.82) is 0 Å². The van der Waals surface area contributed by atoms with Crippen molar-refractivity contribution in [2.45, 2.75) is 6.42 Å². The Morgan fingerprint density at radius 3 is 2.60 bits per heavy atom. The number of benzene rings is 2. The molecule has 3 rings (SSSR count). The zero-order chi connectivity index (χ0) is 18.1. The second-order valence-corrected chi connectivity index (χ2v) is 7.00. The van der Waals surface area contributed by atoms with Gasteiger partial charge in [-0.25, -0.2) is 8.78 Å². The van der Waals surface area contributed by atoms with Crippen molar-refractivity contribution in [1.82, 2.24) is 9.47 Å². The van der Waals surface area contributed by atoms with Crippen LogP contribution in [0.4, 0.5) is 8.78 Å². The van der Waals surface area contributed by atoms with Gasteiger partial charge in [0.2, 0.25) is 0 Å². The minimum Gasteiger partial charge on any atom is -0.309 e. The molecule has 0 saturated heterocycles. The number of carbonyl (C=O) groups is 1. The van der Waals surface area contributed by atoms with Crippen LogP contribution >= 0.6 is 15.9 Å². The molecule has 6 heteroatoms. The summed E-state index contributed by atoms with van der Waals surface area (Å²) in [5.41, 5.74) is 1.26. The van der Waals surface area contributed by atoms with Crippen molar-refractivity contribution in [3.05, 3.63) is 69.8 Å². The number of aromatic nitrogens is 1. The SMILES string of the molecule is CN(C)CCc1cn(C(=O)c2ccccc2Br)c2c(F)cc(F)cc12. The summed E-state index contributed by atoms with van der Waals surface area (Å²) in [5.74, 6) is -1.76. The van der Waals surface area contributed by atoms with Crippen molar-refractivity contribution in [3.63, 3.8) is 0 Å². The molecule has 2 aromatic carbocycles. The maximum Gasteiger partial charge on any atom is 0.263 e. The Hall–Kier alpha value is -2.05. The molecule has 0 fully saturated rings. The third-order valence-corrected chi connectivity index (χ3v) is 4.74. The first-order valence-corrected chi connectivity index (χ1v) is 8.60. The summed E-state index contributed by atoms with van der Waals surface area (Å²) >= 11 is 3.35. The van der Waals surface area contributed by atoms with Gasteiger partial charge in [0.15, 0.2) is 5.82 Å². The summed E-state index contributed by atoms with van der Waals surface area (Å²) in [6, 6.07) is 9.05. The first kappa shape index (κ1) is 17.8. The lowest BCUT2D eigenvalue weighted by Gasteiger charge is -2.08. The number of hydrogen-bond donors (Lipinski definition) is 0. The fourth-order valence-corrected chi connectivity index (χ4v) is 3.27. The Balaban J connectivity index is 2.18. The molecule has 0 atom stereocenters. The molecule has 1 heterocycles. The largest absolute Gasteiger partial charge is 0.309 e. The van der Waals surface area contributed by atoms with E-state index in [0.717, 1.165) is 11.6 Å². The lowest BCUT2D eigenvalue weighted by atomic mass is 10.1. The van der Waals surface area contributed by atoms with Crippen LogP contribution in [-0.2, 0) is 6.42 Å². The molecule has 3 nitrogen and oxygen atoms in total. The van der Waals surface area contributed by atoms with Gasteiger partial charge < -0.3 is 4.90 Å². The van der Waals surface area contributed by atoms with Crippen LogP contribution in [0.15, 0.2) is 47.1 Å². The third-order valence-electron chi connectivity index (χ3n) is 4.05. The maximum atomic E-state index is 14.5. The second kappa shape index (κ2) is 7.06. The topological polar surface area (TPSA) is 25.2 Å². The van der Waals surface area contributed by atoms with Crippen molar-refractivity contribution in [3.8, 4) is 0 Å². The lowest BCUT2D eigenvalue weighted by Crippen LogP contribution is -2.15. The highest BCUT2D eigenvalue weighted by Gasteiger charge is 2.20. The zero-order valence-electron chi connectivity index (χ0n) is 13.9. The molecule has 3 aromatic rings. The van der Waals surface area contributed by atoms with Gasteiger partial charge in [0.05, 0.1) is 11.1 Å².